The van der Waals surface area contributed by atoms with Crippen molar-refractivity contribution >= 4 is 17.2 Å². The summed E-state index contributed by atoms with van der Waals surface area (Å²) in [5, 5.41) is 2.39. The summed E-state index contributed by atoms with van der Waals surface area (Å²) in [6, 6.07) is 7.90. The molecule has 4 rings (SSSR count). The van der Waals surface area contributed by atoms with E-state index < -0.39 is 17.6 Å². The first-order chi connectivity index (χ1) is 15.1. The Morgan fingerprint density at radius 1 is 1.12 bits per heavy atom. The van der Waals surface area contributed by atoms with E-state index in [0.29, 0.717) is 11.5 Å². The van der Waals surface area contributed by atoms with E-state index in [1.807, 2.05) is 18.2 Å². The zero-order valence-corrected chi connectivity index (χ0v) is 17.2. The normalized spacial score (nSPS) is 12.7. The number of benzene rings is 1. The number of aromatic nitrogens is 4. The lowest BCUT2D eigenvalue weighted by Crippen LogP contribution is -2.14. The van der Waals surface area contributed by atoms with Gasteiger partial charge < -0.3 is 11.1 Å². The molecule has 1 aromatic carbocycles. The maximum atomic E-state index is 12.9. The van der Waals surface area contributed by atoms with Crippen LogP contribution in [0.15, 0.2) is 55.0 Å². The van der Waals surface area contributed by atoms with E-state index in [9.17, 15) is 18.0 Å². The number of hydrogen-bond acceptors (Lipinski definition) is 5. The van der Waals surface area contributed by atoms with Crippen LogP contribution in [0.1, 0.15) is 40.4 Å². The molecule has 1 unspecified atom stereocenters. The van der Waals surface area contributed by atoms with Crippen molar-refractivity contribution in [1.29, 1.82) is 0 Å². The first-order valence-corrected chi connectivity index (χ1v) is 9.69. The molecular weight excluding hydrogens is 421 g/mol. The SMILES string of the molecule is Cc1nccn2c(C(C)N)nc(-c3ccc(C(=O)Nc4cc(C(F)(F)F)ccn4)cc3)c12. The van der Waals surface area contributed by atoms with Crippen LogP contribution < -0.4 is 11.1 Å². The molecule has 3 aromatic heterocycles. The monoisotopic (exact) mass is 440 g/mol. The molecule has 1 amide bonds. The Bertz CT molecular complexity index is 1300. The second-order valence-electron chi connectivity index (χ2n) is 7.30. The molecule has 0 aliphatic rings. The Hall–Kier alpha value is -3.79. The van der Waals surface area contributed by atoms with E-state index in [1.165, 1.54) is 0 Å². The van der Waals surface area contributed by atoms with E-state index in [1.54, 1.807) is 36.7 Å². The molecule has 4 aromatic rings. The number of carbonyl (C=O) groups excluding carboxylic acids is 1. The summed E-state index contributed by atoms with van der Waals surface area (Å²) < 4.78 is 40.5. The number of aryl methyl sites for hydroxylation is 1. The van der Waals surface area contributed by atoms with Crippen molar-refractivity contribution in [2.24, 2.45) is 5.73 Å². The van der Waals surface area contributed by atoms with Gasteiger partial charge in [-0.05, 0) is 38.1 Å². The Balaban J connectivity index is 1.63. The predicted octanol–water partition coefficient (Wildman–Crippen LogP) is 4.39. The van der Waals surface area contributed by atoms with Gasteiger partial charge in [-0.1, -0.05) is 12.1 Å². The predicted molar refractivity (Wildman–Crippen MR) is 113 cm³/mol. The smallest absolute Gasteiger partial charge is 0.322 e. The summed E-state index contributed by atoms with van der Waals surface area (Å²) in [4.78, 5) is 25.3. The molecule has 0 saturated heterocycles. The minimum Gasteiger partial charge on any atom is -0.322 e. The average Bonchev–Trinajstić information content (AvgIpc) is 3.15. The number of pyridine rings is 1. The lowest BCUT2D eigenvalue weighted by molar-refractivity contribution is -0.137. The first kappa shape index (κ1) is 21.4. The maximum Gasteiger partial charge on any atom is 0.416 e. The number of imidazole rings is 1. The topological polar surface area (TPSA) is 98.2 Å². The third-order valence-electron chi connectivity index (χ3n) is 4.92. The number of nitrogens with two attached hydrogens (primary N) is 1. The number of hydrogen-bond donors (Lipinski definition) is 2. The van der Waals surface area contributed by atoms with Crippen LogP contribution in [0, 0.1) is 6.92 Å². The highest BCUT2D eigenvalue weighted by atomic mass is 19.4. The maximum absolute atomic E-state index is 12.9. The van der Waals surface area contributed by atoms with E-state index >= 15 is 0 Å². The number of fused-ring (bicyclic) bond motifs is 1. The fourth-order valence-electron chi connectivity index (χ4n) is 3.39. The van der Waals surface area contributed by atoms with Crippen LogP contribution in [0.4, 0.5) is 19.0 Å². The summed E-state index contributed by atoms with van der Waals surface area (Å²) in [7, 11) is 0. The van der Waals surface area contributed by atoms with Gasteiger partial charge in [0.05, 0.1) is 28.5 Å². The molecule has 10 heteroatoms. The van der Waals surface area contributed by atoms with Gasteiger partial charge in [0.2, 0.25) is 0 Å². The van der Waals surface area contributed by atoms with E-state index in [2.05, 4.69) is 20.3 Å². The minimum atomic E-state index is -4.52. The number of alkyl halides is 3. The van der Waals surface area contributed by atoms with Crippen molar-refractivity contribution in [3.8, 4) is 11.3 Å². The lowest BCUT2D eigenvalue weighted by atomic mass is 10.1. The van der Waals surface area contributed by atoms with Gasteiger partial charge in [-0.2, -0.15) is 13.2 Å². The summed E-state index contributed by atoms with van der Waals surface area (Å²) in [5.74, 6) is -0.0811. The molecule has 0 radical (unpaired) electrons. The summed E-state index contributed by atoms with van der Waals surface area (Å²) in [6.45, 7) is 3.71. The minimum absolute atomic E-state index is 0.183. The number of halogens is 3. The summed E-state index contributed by atoms with van der Waals surface area (Å²) >= 11 is 0. The highest BCUT2D eigenvalue weighted by Gasteiger charge is 2.30. The molecule has 0 fully saturated rings. The number of nitrogens with zero attached hydrogens (tertiary/aromatic N) is 4. The Kier molecular flexibility index (Phi) is 5.39. The highest BCUT2D eigenvalue weighted by molar-refractivity contribution is 6.04. The molecule has 0 spiro atoms. The molecule has 0 aliphatic carbocycles. The van der Waals surface area contributed by atoms with Crippen molar-refractivity contribution in [3.63, 3.8) is 0 Å². The van der Waals surface area contributed by atoms with E-state index in [4.69, 9.17) is 5.73 Å². The van der Waals surface area contributed by atoms with Crippen LogP contribution in [0.5, 0.6) is 0 Å². The van der Waals surface area contributed by atoms with Gasteiger partial charge in [0.1, 0.15) is 11.6 Å². The number of nitrogens with one attached hydrogen (secondary N) is 1. The molecule has 0 saturated carbocycles. The summed E-state index contributed by atoms with van der Waals surface area (Å²) in [6.07, 6.45) is -0.0572. The van der Waals surface area contributed by atoms with Gasteiger partial charge in [0.15, 0.2) is 0 Å². The third-order valence-corrected chi connectivity index (χ3v) is 4.92. The fraction of sp³-hybridized carbons (Fsp3) is 0.182. The van der Waals surface area contributed by atoms with Crippen LogP contribution >= 0.6 is 0 Å². The molecule has 0 aliphatic heterocycles. The van der Waals surface area contributed by atoms with Crippen LogP contribution in [0.3, 0.4) is 0 Å². The Labute approximate surface area is 181 Å². The third kappa shape index (κ3) is 4.04. The molecule has 32 heavy (non-hydrogen) atoms. The Morgan fingerprint density at radius 2 is 1.84 bits per heavy atom. The summed E-state index contributed by atoms with van der Waals surface area (Å²) in [5.41, 5.74) is 8.45. The number of amides is 1. The van der Waals surface area contributed by atoms with Crippen LogP contribution in [-0.2, 0) is 6.18 Å². The largest absolute Gasteiger partial charge is 0.416 e. The number of carbonyl (C=O) groups is 1. The second kappa shape index (κ2) is 8.04. The second-order valence-corrected chi connectivity index (χ2v) is 7.30. The van der Waals surface area contributed by atoms with Crippen LogP contribution in [0.2, 0.25) is 0 Å². The van der Waals surface area contributed by atoms with E-state index in [-0.39, 0.29) is 17.4 Å². The molecule has 3 heterocycles. The van der Waals surface area contributed by atoms with Gasteiger partial charge in [-0.15, -0.1) is 0 Å². The van der Waals surface area contributed by atoms with E-state index in [0.717, 1.165) is 35.1 Å². The zero-order chi connectivity index (χ0) is 23.0. The molecule has 3 N–H and O–H groups in total. The zero-order valence-electron chi connectivity index (χ0n) is 17.2. The number of anilines is 1. The Morgan fingerprint density at radius 3 is 2.50 bits per heavy atom. The lowest BCUT2D eigenvalue weighted by Gasteiger charge is -2.09. The standard InChI is InChI=1S/C22H19F3N6O/c1-12(26)20-30-18(19-13(2)27-9-10-31(19)20)14-3-5-15(6-4-14)21(32)29-17-11-16(7-8-28-17)22(23,24)25/h3-12H,26H2,1-2H3,(H,28,29,32). The first-order valence-electron chi connectivity index (χ1n) is 9.69. The van der Waals surface area contributed by atoms with Gasteiger partial charge in [0, 0.05) is 29.7 Å². The van der Waals surface area contributed by atoms with Gasteiger partial charge >= 0.3 is 6.18 Å². The number of rotatable bonds is 4. The molecule has 0 bridgehead atoms. The van der Waals surface area contributed by atoms with Gasteiger partial charge in [-0.3, -0.25) is 14.2 Å². The average molecular weight is 440 g/mol. The van der Waals surface area contributed by atoms with Crippen LogP contribution in [-0.4, -0.2) is 25.3 Å². The van der Waals surface area contributed by atoms with Crippen molar-refractivity contribution < 1.29 is 18.0 Å². The van der Waals surface area contributed by atoms with Gasteiger partial charge in [-0.25, -0.2) is 9.97 Å². The fourth-order valence-corrected chi connectivity index (χ4v) is 3.39. The van der Waals surface area contributed by atoms with Gasteiger partial charge in [0.25, 0.3) is 5.91 Å². The van der Waals surface area contributed by atoms with Crippen molar-refractivity contribution in [1.82, 2.24) is 19.4 Å². The van der Waals surface area contributed by atoms with Crippen molar-refractivity contribution in [2.45, 2.75) is 26.1 Å². The molecular formula is C22H19F3N6O. The molecule has 164 valence electrons. The quantitative estimate of drug-likeness (QED) is 0.491. The molecule has 1 atom stereocenters. The molecule has 7 nitrogen and oxygen atoms in total. The highest BCUT2D eigenvalue weighted by Crippen LogP contribution is 2.30. The van der Waals surface area contributed by atoms with Crippen LogP contribution in [0.25, 0.3) is 16.8 Å². The van der Waals surface area contributed by atoms with Crippen molar-refractivity contribution in [2.75, 3.05) is 5.32 Å². The van der Waals surface area contributed by atoms with Crippen molar-refractivity contribution in [3.05, 3.63) is 77.6 Å².